The smallest absolute Gasteiger partial charge is 0.335 e. The van der Waals surface area contributed by atoms with Crippen LogP contribution in [0.3, 0.4) is 0 Å². The van der Waals surface area contributed by atoms with Crippen LogP contribution in [0.25, 0.3) is 0 Å². The molecule has 1 aromatic carbocycles. The Hall–Kier alpha value is -1.55. The van der Waals surface area contributed by atoms with E-state index in [0.29, 0.717) is 18.5 Å². The van der Waals surface area contributed by atoms with Crippen LogP contribution >= 0.6 is 0 Å². The van der Waals surface area contributed by atoms with E-state index in [0.717, 1.165) is 25.9 Å². The van der Waals surface area contributed by atoms with Crippen LogP contribution in [-0.2, 0) is 4.74 Å². The van der Waals surface area contributed by atoms with Crippen molar-refractivity contribution in [3.63, 3.8) is 0 Å². The lowest BCUT2D eigenvalue weighted by molar-refractivity contribution is 0.0695. The number of rotatable bonds is 5. The molecule has 0 bridgehead atoms. The van der Waals surface area contributed by atoms with Gasteiger partial charge in [-0.2, -0.15) is 0 Å². The van der Waals surface area contributed by atoms with E-state index >= 15 is 0 Å². The summed E-state index contributed by atoms with van der Waals surface area (Å²) in [6.07, 6.45) is 3.38. The number of benzene rings is 1. The molecule has 1 aliphatic rings. The van der Waals surface area contributed by atoms with E-state index in [4.69, 9.17) is 14.6 Å². The van der Waals surface area contributed by atoms with E-state index in [2.05, 4.69) is 0 Å². The highest BCUT2D eigenvalue weighted by atomic mass is 16.5. The van der Waals surface area contributed by atoms with Gasteiger partial charge in [-0.25, -0.2) is 4.79 Å². The van der Waals surface area contributed by atoms with Gasteiger partial charge in [-0.3, -0.25) is 0 Å². The fourth-order valence-electron chi connectivity index (χ4n) is 1.90. The number of ether oxygens (including phenoxy) is 2. The maximum Gasteiger partial charge on any atom is 0.335 e. The maximum atomic E-state index is 10.8. The first-order valence-electron chi connectivity index (χ1n) is 5.83. The first-order chi connectivity index (χ1) is 8.25. The third-order valence-corrected chi connectivity index (χ3v) is 2.81. The van der Waals surface area contributed by atoms with E-state index in [1.807, 2.05) is 0 Å². The summed E-state index contributed by atoms with van der Waals surface area (Å²) < 4.78 is 11.0. The number of carboxylic acids is 1. The monoisotopic (exact) mass is 236 g/mol. The third kappa shape index (κ3) is 3.46. The SMILES string of the molecule is O=C(O)c1cccc(OCCC2CCCO2)c1. The summed E-state index contributed by atoms with van der Waals surface area (Å²) in [4.78, 5) is 10.8. The molecule has 4 heteroatoms. The standard InChI is InChI=1S/C13H16O4/c14-13(15)10-3-1-4-12(9-10)17-8-6-11-5-2-7-16-11/h1,3-4,9,11H,2,5-8H2,(H,14,15). The molecule has 17 heavy (non-hydrogen) atoms. The van der Waals surface area contributed by atoms with E-state index in [9.17, 15) is 4.79 Å². The van der Waals surface area contributed by atoms with Crippen molar-refractivity contribution in [2.24, 2.45) is 0 Å². The highest BCUT2D eigenvalue weighted by molar-refractivity contribution is 5.87. The van der Waals surface area contributed by atoms with Gasteiger partial charge in [0.05, 0.1) is 18.3 Å². The summed E-state index contributed by atoms with van der Waals surface area (Å²) >= 11 is 0. The van der Waals surface area contributed by atoms with Crippen LogP contribution in [0.1, 0.15) is 29.6 Å². The predicted octanol–water partition coefficient (Wildman–Crippen LogP) is 2.33. The molecule has 0 saturated carbocycles. The number of carboxylic acid groups (broad SMARTS) is 1. The van der Waals surface area contributed by atoms with Crippen molar-refractivity contribution in [2.45, 2.75) is 25.4 Å². The van der Waals surface area contributed by atoms with Crippen molar-refractivity contribution in [1.82, 2.24) is 0 Å². The molecule has 0 aromatic heterocycles. The molecule has 92 valence electrons. The number of hydrogen-bond acceptors (Lipinski definition) is 3. The molecule has 0 amide bonds. The summed E-state index contributed by atoms with van der Waals surface area (Å²) in [5.41, 5.74) is 0.250. The minimum Gasteiger partial charge on any atom is -0.493 e. The molecule has 1 aliphatic heterocycles. The molecule has 1 atom stereocenters. The molecule has 0 aliphatic carbocycles. The molecule has 2 rings (SSSR count). The summed E-state index contributed by atoms with van der Waals surface area (Å²) in [6, 6.07) is 6.54. The second-order valence-corrected chi connectivity index (χ2v) is 4.11. The topological polar surface area (TPSA) is 55.8 Å². The Morgan fingerprint density at radius 2 is 2.41 bits per heavy atom. The van der Waals surface area contributed by atoms with Crippen LogP contribution in [0, 0.1) is 0 Å². The maximum absolute atomic E-state index is 10.8. The van der Waals surface area contributed by atoms with Gasteiger partial charge in [0, 0.05) is 13.0 Å². The van der Waals surface area contributed by atoms with Gasteiger partial charge in [0.1, 0.15) is 5.75 Å². The average molecular weight is 236 g/mol. The Balaban J connectivity index is 1.81. The fraction of sp³-hybridized carbons (Fsp3) is 0.462. The molecule has 1 unspecified atom stereocenters. The predicted molar refractivity (Wildman–Crippen MR) is 62.5 cm³/mol. The van der Waals surface area contributed by atoms with Crippen LogP contribution in [0.4, 0.5) is 0 Å². The van der Waals surface area contributed by atoms with Gasteiger partial charge in [-0.05, 0) is 31.0 Å². The minimum atomic E-state index is -0.936. The van der Waals surface area contributed by atoms with Crippen molar-refractivity contribution in [2.75, 3.05) is 13.2 Å². The Kier molecular flexibility index (Phi) is 3.98. The van der Waals surface area contributed by atoms with Gasteiger partial charge in [0.2, 0.25) is 0 Å². The highest BCUT2D eigenvalue weighted by Gasteiger charge is 2.15. The minimum absolute atomic E-state index is 0.250. The van der Waals surface area contributed by atoms with E-state index < -0.39 is 5.97 Å². The molecule has 1 saturated heterocycles. The Morgan fingerprint density at radius 3 is 3.12 bits per heavy atom. The zero-order valence-electron chi connectivity index (χ0n) is 9.59. The first kappa shape index (κ1) is 11.9. The normalized spacial score (nSPS) is 19.2. The van der Waals surface area contributed by atoms with Crippen LogP contribution in [-0.4, -0.2) is 30.4 Å². The molecule has 1 heterocycles. The Labute approximate surface area is 100 Å². The van der Waals surface area contributed by atoms with Crippen LogP contribution < -0.4 is 4.74 Å². The zero-order valence-corrected chi connectivity index (χ0v) is 9.59. The highest BCUT2D eigenvalue weighted by Crippen LogP contribution is 2.17. The number of hydrogen-bond donors (Lipinski definition) is 1. The van der Waals surface area contributed by atoms with Crippen LogP contribution in [0.15, 0.2) is 24.3 Å². The fourth-order valence-corrected chi connectivity index (χ4v) is 1.90. The van der Waals surface area contributed by atoms with E-state index in [1.54, 1.807) is 18.2 Å². The lowest BCUT2D eigenvalue weighted by Gasteiger charge is -2.10. The van der Waals surface area contributed by atoms with Crippen molar-refractivity contribution < 1.29 is 19.4 Å². The molecule has 1 aromatic rings. The zero-order chi connectivity index (χ0) is 12.1. The van der Waals surface area contributed by atoms with Gasteiger partial charge in [0.25, 0.3) is 0 Å². The van der Waals surface area contributed by atoms with Crippen LogP contribution in [0.5, 0.6) is 5.75 Å². The van der Waals surface area contributed by atoms with Crippen molar-refractivity contribution in [3.8, 4) is 5.75 Å². The molecule has 4 nitrogen and oxygen atoms in total. The van der Waals surface area contributed by atoms with Crippen molar-refractivity contribution in [1.29, 1.82) is 0 Å². The van der Waals surface area contributed by atoms with Crippen LogP contribution in [0.2, 0.25) is 0 Å². The summed E-state index contributed by atoms with van der Waals surface area (Å²) in [5.74, 6) is -0.336. The molecule has 1 N–H and O–H groups in total. The van der Waals surface area contributed by atoms with Gasteiger partial charge in [-0.1, -0.05) is 6.07 Å². The summed E-state index contributed by atoms with van der Waals surface area (Å²) in [6.45, 7) is 1.41. The molecular formula is C13H16O4. The second-order valence-electron chi connectivity index (χ2n) is 4.11. The van der Waals surface area contributed by atoms with Crippen molar-refractivity contribution in [3.05, 3.63) is 29.8 Å². The average Bonchev–Trinajstić information content (AvgIpc) is 2.82. The number of aromatic carboxylic acids is 1. The molecular weight excluding hydrogens is 220 g/mol. The second kappa shape index (κ2) is 5.68. The molecule has 1 fully saturated rings. The lowest BCUT2D eigenvalue weighted by Crippen LogP contribution is -2.10. The lowest BCUT2D eigenvalue weighted by atomic mass is 10.2. The third-order valence-electron chi connectivity index (χ3n) is 2.81. The number of carbonyl (C=O) groups is 1. The Bertz CT molecular complexity index is 383. The van der Waals surface area contributed by atoms with Gasteiger partial charge >= 0.3 is 5.97 Å². The molecule has 0 radical (unpaired) electrons. The van der Waals surface area contributed by atoms with Gasteiger partial charge in [0.15, 0.2) is 0 Å². The first-order valence-corrected chi connectivity index (χ1v) is 5.83. The quantitative estimate of drug-likeness (QED) is 0.852. The summed E-state index contributed by atoms with van der Waals surface area (Å²) in [7, 11) is 0. The van der Waals surface area contributed by atoms with Gasteiger partial charge < -0.3 is 14.6 Å². The summed E-state index contributed by atoms with van der Waals surface area (Å²) in [5, 5.41) is 8.83. The van der Waals surface area contributed by atoms with E-state index in [-0.39, 0.29) is 5.56 Å². The largest absolute Gasteiger partial charge is 0.493 e. The Morgan fingerprint density at radius 1 is 1.53 bits per heavy atom. The van der Waals surface area contributed by atoms with Crippen molar-refractivity contribution >= 4 is 5.97 Å². The van der Waals surface area contributed by atoms with Gasteiger partial charge in [-0.15, -0.1) is 0 Å². The van der Waals surface area contributed by atoms with E-state index in [1.165, 1.54) is 6.07 Å². The molecule has 0 spiro atoms.